The molecule has 4 heteroatoms. The van der Waals surface area contributed by atoms with Gasteiger partial charge in [0.15, 0.2) is 0 Å². The van der Waals surface area contributed by atoms with Crippen LogP contribution in [0.3, 0.4) is 0 Å². The van der Waals surface area contributed by atoms with Gasteiger partial charge in [-0.2, -0.15) is 0 Å². The first-order valence-electron chi connectivity index (χ1n) is 5.15. The maximum absolute atomic E-state index is 13.5. The second-order valence-corrected chi connectivity index (χ2v) is 4.83. The van der Waals surface area contributed by atoms with E-state index in [0.717, 1.165) is 11.8 Å². The van der Waals surface area contributed by atoms with E-state index in [2.05, 4.69) is 4.98 Å². The predicted octanol–water partition coefficient (Wildman–Crippen LogP) is 3.97. The molecule has 16 heavy (non-hydrogen) atoms. The number of aromatic nitrogens is 1. The van der Waals surface area contributed by atoms with Gasteiger partial charge in [-0.1, -0.05) is 0 Å². The minimum absolute atomic E-state index is 0.387. The molecule has 1 heterocycles. The lowest BCUT2D eigenvalue weighted by molar-refractivity contribution is 0.585. The van der Waals surface area contributed by atoms with Gasteiger partial charge in [0.25, 0.3) is 0 Å². The van der Waals surface area contributed by atoms with Crippen LogP contribution in [0.1, 0.15) is 24.5 Å². The number of nitrogens with zero attached hydrogens (tertiary/aromatic N) is 1. The lowest BCUT2D eigenvalue weighted by Gasteiger charge is -1.98. The molecule has 0 N–H and O–H groups in total. The number of hydrogen-bond donors (Lipinski definition) is 0. The van der Waals surface area contributed by atoms with Crippen LogP contribution in [0, 0.1) is 11.6 Å². The molecule has 1 aliphatic carbocycles. The SMILES string of the molecule is Fc1ccc(-c2nc(C3CC3)cs2)c(F)c1. The van der Waals surface area contributed by atoms with Crippen molar-refractivity contribution in [2.45, 2.75) is 18.8 Å². The molecule has 0 spiro atoms. The molecule has 0 aliphatic heterocycles. The van der Waals surface area contributed by atoms with E-state index in [1.165, 1.54) is 36.3 Å². The maximum atomic E-state index is 13.5. The first-order valence-corrected chi connectivity index (χ1v) is 6.03. The van der Waals surface area contributed by atoms with Crippen LogP contribution in [0.15, 0.2) is 23.6 Å². The molecular formula is C12H9F2NS. The van der Waals surface area contributed by atoms with Gasteiger partial charge in [0, 0.05) is 22.9 Å². The zero-order valence-electron chi connectivity index (χ0n) is 8.41. The van der Waals surface area contributed by atoms with Gasteiger partial charge in [-0.25, -0.2) is 13.8 Å². The van der Waals surface area contributed by atoms with Gasteiger partial charge in [-0.3, -0.25) is 0 Å². The van der Waals surface area contributed by atoms with Gasteiger partial charge in [0.2, 0.25) is 0 Å². The highest BCUT2D eigenvalue weighted by Gasteiger charge is 2.26. The summed E-state index contributed by atoms with van der Waals surface area (Å²) in [5, 5.41) is 2.61. The highest BCUT2D eigenvalue weighted by atomic mass is 32.1. The molecule has 0 unspecified atom stereocenters. The predicted molar refractivity (Wildman–Crippen MR) is 59.4 cm³/mol. The van der Waals surface area contributed by atoms with Crippen molar-refractivity contribution < 1.29 is 8.78 Å². The number of halogens is 2. The summed E-state index contributed by atoms with van der Waals surface area (Å²) in [7, 11) is 0. The fourth-order valence-corrected chi connectivity index (χ4v) is 2.57. The molecule has 3 rings (SSSR count). The van der Waals surface area contributed by atoms with Crippen LogP contribution in [0.2, 0.25) is 0 Å². The molecule has 0 saturated heterocycles. The Labute approximate surface area is 95.8 Å². The molecule has 0 radical (unpaired) electrons. The highest BCUT2D eigenvalue weighted by molar-refractivity contribution is 7.13. The fraction of sp³-hybridized carbons (Fsp3) is 0.250. The van der Waals surface area contributed by atoms with E-state index >= 15 is 0 Å². The lowest BCUT2D eigenvalue weighted by atomic mass is 10.2. The standard InChI is InChI=1S/C12H9F2NS/c13-8-3-4-9(10(14)5-8)12-15-11(6-16-12)7-1-2-7/h3-7H,1-2H2. The third-order valence-electron chi connectivity index (χ3n) is 2.68. The molecule has 0 amide bonds. The largest absolute Gasteiger partial charge is 0.241 e. The smallest absolute Gasteiger partial charge is 0.136 e. The third-order valence-corrected chi connectivity index (χ3v) is 3.57. The molecule has 1 fully saturated rings. The summed E-state index contributed by atoms with van der Waals surface area (Å²) in [6, 6.07) is 3.60. The van der Waals surface area contributed by atoms with Gasteiger partial charge >= 0.3 is 0 Å². The minimum Gasteiger partial charge on any atom is -0.241 e. The molecule has 0 atom stereocenters. The molecular weight excluding hydrogens is 228 g/mol. The molecule has 1 saturated carbocycles. The van der Waals surface area contributed by atoms with E-state index in [0.29, 0.717) is 16.5 Å². The van der Waals surface area contributed by atoms with E-state index < -0.39 is 11.6 Å². The van der Waals surface area contributed by atoms with Crippen LogP contribution >= 0.6 is 11.3 Å². The summed E-state index contributed by atoms with van der Waals surface area (Å²) < 4.78 is 26.2. The first kappa shape index (κ1) is 9.90. The van der Waals surface area contributed by atoms with E-state index in [1.807, 2.05) is 5.38 Å². The minimum atomic E-state index is -0.555. The van der Waals surface area contributed by atoms with Gasteiger partial charge in [-0.15, -0.1) is 11.3 Å². The average Bonchev–Trinajstić information content (AvgIpc) is 2.98. The van der Waals surface area contributed by atoms with Crippen molar-refractivity contribution in [2.75, 3.05) is 0 Å². The monoisotopic (exact) mass is 237 g/mol. The Bertz CT molecular complexity index is 532. The number of benzene rings is 1. The van der Waals surface area contributed by atoms with E-state index in [-0.39, 0.29) is 0 Å². The average molecular weight is 237 g/mol. The van der Waals surface area contributed by atoms with Crippen molar-refractivity contribution in [2.24, 2.45) is 0 Å². The molecule has 0 bridgehead atoms. The van der Waals surface area contributed by atoms with E-state index in [4.69, 9.17) is 0 Å². The zero-order valence-corrected chi connectivity index (χ0v) is 9.23. The third kappa shape index (κ3) is 1.73. The van der Waals surface area contributed by atoms with Crippen molar-refractivity contribution in [3.8, 4) is 10.6 Å². The lowest BCUT2D eigenvalue weighted by Crippen LogP contribution is -1.86. The van der Waals surface area contributed by atoms with Crippen LogP contribution in [-0.4, -0.2) is 4.98 Å². The molecule has 1 aromatic heterocycles. The molecule has 2 aromatic rings. The van der Waals surface area contributed by atoms with Gasteiger partial charge in [-0.05, 0) is 25.0 Å². The zero-order chi connectivity index (χ0) is 11.1. The molecule has 1 nitrogen and oxygen atoms in total. The van der Waals surface area contributed by atoms with Crippen molar-refractivity contribution in [3.63, 3.8) is 0 Å². The second-order valence-electron chi connectivity index (χ2n) is 3.98. The van der Waals surface area contributed by atoms with E-state index in [1.54, 1.807) is 0 Å². The number of thiazole rings is 1. The summed E-state index contributed by atoms with van der Waals surface area (Å²) in [6.07, 6.45) is 2.35. The van der Waals surface area contributed by atoms with Crippen LogP contribution < -0.4 is 0 Å². The van der Waals surface area contributed by atoms with Crippen LogP contribution in [0.5, 0.6) is 0 Å². The summed E-state index contributed by atoms with van der Waals surface area (Å²) in [5.41, 5.74) is 1.43. The Hall–Kier alpha value is -1.29. The van der Waals surface area contributed by atoms with E-state index in [9.17, 15) is 8.78 Å². The first-order chi connectivity index (χ1) is 7.74. The van der Waals surface area contributed by atoms with Crippen LogP contribution in [-0.2, 0) is 0 Å². The molecule has 1 aliphatic rings. The Morgan fingerprint density at radius 1 is 1.25 bits per heavy atom. The van der Waals surface area contributed by atoms with Crippen molar-refractivity contribution in [3.05, 3.63) is 40.9 Å². The Kier molecular flexibility index (Phi) is 2.24. The fourth-order valence-electron chi connectivity index (χ4n) is 1.64. The van der Waals surface area contributed by atoms with Gasteiger partial charge in [0.05, 0.1) is 5.69 Å². The van der Waals surface area contributed by atoms with Crippen molar-refractivity contribution in [1.29, 1.82) is 0 Å². The molecule has 82 valence electrons. The van der Waals surface area contributed by atoms with Gasteiger partial charge < -0.3 is 0 Å². The van der Waals surface area contributed by atoms with Crippen LogP contribution in [0.4, 0.5) is 8.78 Å². The quantitative estimate of drug-likeness (QED) is 0.770. The normalized spacial score (nSPS) is 15.4. The summed E-state index contributed by atoms with van der Waals surface area (Å²) in [4.78, 5) is 4.39. The summed E-state index contributed by atoms with van der Waals surface area (Å²) in [5.74, 6) is -0.537. The number of rotatable bonds is 2. The van der Waals surface area contributed by atoms with Crippen molar-refractivity contribution in [1.82, 2.24) is 4.98 Å². The topological polar surface area (TPSA) is 12.9 Å². The molecule has 1 aromatic carbocycles. The second kappa shape index (κ2) is 3.63. The maximum Gasteiger partial charge on any atom is 0.136 e. The summed E-state index contributed by atoms with van der Waals surface area (Å²) in [6.45, 7) is 0. The summed E-state index contributed by atoms with van der Waals surface area (Å²) >= 11 is 1.42. The van der Waals surface area contributed by atoms with Crippen molar-refractivity contribution >= 4 is 11.3 Å². The Balaban J connectivity index is 2.00. The van der Waals surface area contributed by atoms with Gasteiger partial charge in [0.1, 0.15) is 16.6 Å². The Morgan fingerprint density at radius 3 is 2.75 bits per heavy atom. The Morgan fingerprint density at radius 2 is 2.06 bits per heavy atom. The van der Waals surface area contributed by atoms with Crippen LogP contribution in [0.25, 0.3) is 10.6 Å². The highest BCUT2D eigenvalue weighted by Crippen LogP contribution is 2.41. The number of hydrogen-bond acceptors (Lipinski definition) is 2.